The fourth-order valence-electron chi connectivity index (χ4n) is 2.90. The van der Waals surface area contributed by atoms with Gasteiger partial charge in [-0.3, -0.25) is 4.90 Å². The van der Waals surface area contributed by atoms with Crippen molar-refractivity contribution in [2.24, 2.45) is 5.92 Å². The molecular formula is C17H12ClN7O3. The van der Waals surface area contributed by atoms with Crippen LogP contribution in [0.25, 0.3) is 5.65 Å². The maximum Gasteiger partial charge on any atom is 0.413 e. The van der Waals surface area contributed by atoms with E-state index in [-0.39, 0.29) is 28.4 Å². The number of carbonyl (C=O) groups is 2. The zero-order valence-electron chi connectivity index (χ0n) is 14.2. The summed E-state index contributed by atoms with van der Waals surface area (Å²) in [6.45, 7) is 0. The molecule has 2 atom stereocenters. The number of carboxylic acid groups (broad SMARTS) is 1. The molecule has 3 aromatic rings. The molecule has 1 aliphatic carbocycles. The lowest BCUT2D eigenvalue weighted by atomic mass is 10.3. The van der Waals surface area contributed by atoms with E-state index in [4.69, 9.17) is 16.9 Å². The fourth-order valence-corrected chi connectivity index (χ4v) is 3.11. The Kier molecular flexibility index (Phi) is 4.29. The summed E-state index contributed by atoms with van der Waals surface area (Å²) in [5, 5.41) is 25.9. The number of pyridine rings is 1. The summed E-state index contributed by atoms with van der Waals surface area (Å²) in [6, 6.07) is 6.06. The van der Waals surface area contributed by atoms with Crippen LogP contribution in [-0.4, -0.2) is 43.1 Å². The van der Waals surface area contributed by atoms with Crippen LogP contribution in [-0.2, 0) is 4.79 Å². The number of hydrogen-bond donors (Lipinski definition) is 2. The first kappa shape index (κ1) is 17.7. The summed E-state index contributed by atoms with van der Waals surface area (Å²) < 4.78 is 1.38. The summed E-state index contributed by atoms with van der Waals surface area (Å²) >= 11 is 6.14. The first-order valence-corrected chi connectivity index (χ1v) is 8.54. The van der Waals surface area contributed by atoms with Crippen molar-refractivity contribution in [3.63, 3.8) is 0 Å². The molecule has 28 heavy (non-hydrogen) atoms. The normalized spacial score (nSPS) is 17.7. The van der Waals surface area contributed by atoms with Gasteiger partial charge in [0, 0.05) is 24.2 Å². The highest BCUT2D eigenvalue weighted by molar-refractivity contribution is 6.33. The van der Waals surface area contributed by atoms with Crippen molar-refractivity contribution >= 4 is 47.1 Å². The Morgan fingerprint density at radius 2 is 2.32 bits per heavy atom. The van der Waals surface area contributed by atoms with Gasteiger partial charge in [0.2, 0.25) is 0 Å². The number of aldehydes is 1. The number of nitrogens with zero attached hydrogens (tertiary/aromatic N) is 6. The number of anilines is 3. The minimum Gasteiger partial charge on any atom is -0.465 e. The van der Waals surface area contributed by atoms with E-state index in [1.807, 2.05) is 6.07 Å². The Bertz CT molecular complexity index is 1140. The molecule has 0 aliphatic heterocycles. The van der Waals surface area contributed by atoms with Crippen molar-refractivity contribution in [3.8, 4) is 6.07 Å². The monoisotopic (exact) mass is 397 g/mol. The second kappa shape index (κ2) is 6.79. The Balaban J connectivity index is 1.76. The molecule has 1 amide bonds. The molecule has 4 rings (SSSR count). The molecule has 0 radical (unpaired) electrons. The van der Waals surface area contributed by atoms with Gasteiger partial charge in [0.1, 0.15) is 29.8 Å². The Labute approximate surface area is 163 Å². The van der Waals surface area contributed by atoms with Crippen molar-refractivity contribution in [2.75, 3.05) is 10.2 Å². The van der Waals surface area contributed by atoms with Gasteiger partial charge in [-0.2, -0.15) is 14.9 Å². The van der Waals surface area contributed by atoms with E-state index in [9.17, 15) is 14.7 Å². The van der Waals surface area contributed by atoms with Crippen molar-refractivity contribution in [1.82, 2.24) is 19.6 Å². The minimum absolute atomic E-state index is 0.217. The second-order valence-corrected chi connectivity index (χ2v) is 6.55. The van der Waals surface area contributed by atoms with Crippen LogP contribution in [0.1, 0.15) is 12.0 Å². The number of rotatable bonds is 5. The number of amides is 1. The maximum atomic E-state index is 11.9. The highest BCUT2D eigenvalue weighted by Crippen LogP contribution is 2.38. The maximum absolute atomic E-state index is 11.9. The number of nitriles is 1. The van der Waals surface area contributed by atoms with Gasteiger partial charge in [0.15, 0.2) is 5.65 Å². The molecule has 10 nitrogen and oxygen atoms in total. The predicted octanol–water partition coefficient (Wildman–Crippen LogP) is 2.46. The van der Waals surface area contributed by atoms with Gasteiger partial charge in [-0.05, 0) is 12.5 Å². The average molecular weight is 398 g/mol. The fraction of sp³-hybridized carbons (Fsp3) is 0.176. The second-order valence-electron chi connectivity index (χ2n) is 6.15. The molecule has 140 valence electrons. The zero-order chi connectivity index (χ0) is 19.8. The quantitative estimate of drug-likeness (QED) is 0.626. The summed E-state index contributed by atoms with van der Waals surface area (Å²) in [4.78, 5) is 32.5. The van der Waals surface area contributed by atoms with Gasteiger partial charge in [-0.15, -0.1) is 0 Å². The Morgan fingerprint density at radius 3 is 2.96 bits per heavy atom. The third-order valence-electron chi connectivity index (χ3n) is 4.32. The Hall–Kier alpha value is -3.71. The molecule has 2 unspecified atom stereocenters. The lowest BCUT2D eigenvalue weighted by Gasteiger charge is -2.20. The summed E-state index contributed by atoms with van der Waals surface area (Å²) in [6.07, 6.45) is 2.86. The molecule has 11 heteroatoms. The smallest absolute Gasteiger partial charge is 0.413 e. The molecule has 3 aromatic heterocycles. The first-order chi connectivity index (χ1) is 13.5. The van der Waals surface area contributed by atoms with Gasteiger partial charge in [-0.25, -0.2) is 14.8 Å². The number of fused-ring (bicyclic) bond motifs is 1. The standard InChI is InChI=1S/C17H12ClN7O3/c18-11-3-9(6-19)7-20-16(11)23-13-5-15(25-14(22-13)1-2-21-25)24(17(27)28)12-4-10(12)8-26/h1-3,5,7-8,10,12H,4H2,(H,27,28)(H,20,22,23). The molecule has 1 fully saturated rings. The van der Waals surface area contributed by atoms with Crippen LogP contribution < -0.4 is 10.2 Å². The van der Waals surface area contributed by atoms with Crippen LogP contribution in [0.2, 0.25) is 5.02 Å². The third kappa shape index (κ3) is 3.08. The lowest BCUT2D eigenvalue weighted by molar-refractivity contribution is -0.108. The topological polar surface area (TPSA) is 137 Å². The lowest BCUT2D eigenvalue weighted by Crippen LogP contribution is -2.34. The van der Waals surface area contributed by atoms with Crippen LogP contribution in [0.4, 0.5) is 22.2 Å². The van der Waals surface area contributed by atoms with E-state index in [0.29, 0.717) is 17.6 Å². The summed E-state index contributed by atoms with van der Waals surface area (Å²) in [5.74, 6) is 0.448. The van der Waals surface area contributed by atoms with Gasteiger partial charge in [-0.1, -0.05) is 11.6 Å². The van der Waals surface area contributed by atoms with Gasteiger partial charge in [0.25, 0.3) is 0 Å². The van der Waals surface area contributed by atoms with Crippen LogP contribution in [0.3, 0.4) is 0 Å². The molecule has 3 heterocycles. The SMILES string of the molecule is N#Cc1cnc(Nc2cc(N(C(=O)O)C3CC3C=O)n3nccc3n2)c(Cl)c1. The van der Waals surface area contributed by atoms with Crippen molar-refractivity contribution in [1.29, 1.82) is 5.26 Å². The molecular weight excluding hydrogens is 386 g/mol. The van der Waals surface area contributed by atoms with Gasteiger partial charge >= 0.3 is 6.09 Å². The van der Waals surface area contributed by atoms with Crippen LogP contribution in [0, 0.1) is 17.2 Å². The van der Waals surface area contributed by atoms with E-state index >= 15 is 0 Å². The average Bonchev–Trinajstić information content (AvgIpc) is 3.28. The number of halogens is 1. The zero-order valence-corrected chi connectivity index (χ0v) is 14.9. The first-order valence-electron chi connectivity index (χ1n) is 8.16. The number of carbonyl (C=O) groups excluding carboxylic acids is 1. The number of hydrogen-bond acceptors (Lipinski definition) is 7. The molecule has 0 bridgehead atoms. The van der Waals surface area contributed by atoms with Gasteiger partial charge in [0.05, 0.1) is 22.8 Å². The van der Waals surface area contributed by atoms with E-state index in [1.165, 1.54) is 29.0 Å². The summed E-state index contributed by atoms with van der Waals surface area (Å²) in [7, 11) is 0. The summed E-state index contributed by atoms with van der Waals surface area (Å²) in [5.41, 5.74) is 0.709. The number of aromatic nitrogens is 4. The highest BCUT2D eigenvalue weighted by Gasteiger charge is 2.45. The Morgan fingerprint density at radius 1 is 1.50 bits per heavy atom. The molecule has 1 aliphatic rings. The van der Waals surface area contributed by atoms with Crippen molar-refractivity contribution in [2.45, 2.75) is 12.5 Å². The third-order valence-corrected chi connectivity index (χ3v) is 4.61. The van der Waals surface area contributed by atoms with Crippen LogP contribution in [0.5, 0.6) is 0 Å². The molecule has 0 saturated heterocycles. The van der Waals surface area contributed by atoms with Crippen LogP contribution in [0.15, 0.2) is 30.6 Å². The van der Waals surface area contributed by atoms with E-state index in [2.05, 4.69) is 20.4 Å². The minimum atomic E-state index is -1.20. The molecule has 1 saturated carbocycles. The van der Waals surface area contributed by atoms with Gasteiger partial charge < -0.3 is 15.2 Å². The van der Waals surface area contributed by atoms with Crippen molar-refractivity contribution in [3.05, 3.63) is 41.2 Å². The van der Waals surface area contributed by atoms with Crippen molar-refractivity contribution < 1.29 is 14.7 Å². The molecule has 0 aromatic carbocycles. The molecule has 2 N–H and O–H groups in total. The largest absolute Gasteiger partial charge is 0.465 e. The number of nitrogens with one attached hydrogen (secondary N) is 1. The van der Waals surface area contributed by atoms with E-state index in [0.717, 1.165) is 11.2 Å². The van der Waals surface area contributed by atoms with E-state index in [1.54, 1.807) is 6.07 Å². The molecule has 0 spiro atoms. The highest BCUT2D eigenvalue weighted by atomic mass is 35.5. The predicted molar refractivity (Wildman–Crippen MR) is 98.7 cm³/mol. The van der Waals surface area contributed by atoms with E-state index < -0.39 is 12.1 Å². The van der Waals surface area contributed by atoms with Crippen LogP contribution >= 0.6 is 11.6 Å².